The van der Waals surface area contributed by atoms with Gasteiger partial charge in [-0.15, -0.1) is 0 Å². The van der Waals surface area contributed by atoms with E-state index in [1.54, 1.807) is 0 Å². The predicted molar refractivity (Wildman–Crippen MR) is 97.6 cm³/mol. The van der Waals surface area contributed by atoms with E-state index in [1.165, 1.54) is 5.70 Å². The highest BCUT2D eigenvalue weighted by Crippen LogP contribution is 2.64. The van der Waals surface area contributed by atoms with Gasteiger partial charge in [-0.05, 0) is 36.8 Å². The van der Waals surface area contributed by atoms with Crippen molar-refractivity contribution in [1.29, 1.82) is 0 Å². The molecule has 6 nitrogen and oxygen atoms in total. The molecule has 0 bridgehead atoms. The maximum atomic E-state index is 5.68. The van der Waals surface area contributed by atoms with Crippen LogP contribution in [-0.4, -0.2) is 34.8 Å². The molecule has 128 valence electrons. The summed E-state index contributed by atoms with van der Waals surface area (Å²) >= 11 is 0. The summed E-state index contributed by atoms with van der Waals surface area (Å²) in [6.07, 6.45) is 13.0. The highest BCUT2D eigenvalue weighted by atomic mass is 16.6. The summed E-state index contributed by atoms with van der Waals surface area (Å²) < 4.78 is 13.4. The number of ether oxygens (including phenoxy) is 2. The van der Waals surface area contributed by atoms with Gasteiger partial charge in [0.1, 0.15) is 13.2 Å². The minimum Gasteiger partial charge on any atom is -0.486 e. The second-order valence-electron chi connectivity index (χ2n) is 6.96. The molecule has 1 aromatic carbocycles. The van der Waals surface area contributed by atoms with E-state index in [1.807, 2.05) is 36.9 Å². The van der Waals surface area contributed by atoms with Crippen LogP contribution in [0, 0.1) is 11.3 Å². The monoisotopic (exact) mass is 344 g/mol. The van der Waals surface area contributed by atoms with Crippen LogP contribution in [-0.2, 0) is 0 Å². The highest BCUT2D eigenvalue weighted by molar-refractivity contribution is 6.08. The third kappa shape index (κ3) is 1.89. The van der Waals surface area contributed by atoms with Gasteiger partial charge in [-0.3, -0.25) is 0 Å². The molecule has 0 amide bonds. The van der Waals surface area contributed by atoms with Crippen LogP contribution in [0.3, 0.4) is 0 Å². The van der Waals surface area contributed by atoms with Gasteiger partial charge < -0.3 is 14.0 Å². The zero-order chi connectivity index (χ0) is 17.1. The normalized spacial score (nSPS) is 27.7. The molecule has 26 heavy (non-hydrogen) atoms. The van der Waals surface area contributed by atoms with E-state index in [0.29, 0.717) is 19.1 Å². The second kappa shape index (κ2) is 4.94. The lowest BCUT2D eigenvalue weighted by Gasteiger charge is -2.23. The lowest BCUT2D eigenvalue weighted by Crippen LogP contribution is -2.20. The standard InChI is InChI=1S/C20H16N4O2/c1-3-16-17(26-8-7-25-16)9-13(1)19-22-11-20-10-14(20)15(2-4-18(20)23-19)24-6-5-21-12-24/h1-6,9,11-12,14H,7-8,10H2. The van der Waals surface area contributed by atoms with E-state index >= 15 is 0 Å². The Kier molecular flexibility index (Phi) is 2.67. The first-order valence-electron chi connectivity index (χ1n) is 8.78. The van der Waals surface area contributed by atoms with Crippen molar-refractivity contribution in [2.45, 2.75) is 6.42 Å². The molecule has 0 radical (unpaired) electrons. The van der Waals surface area contributed by atoms with Gasteiger partial charge in [0.2, 0.25) is 0 Å². The molecule has 0 N–H and O–H groups in total. The van der Waals surface area contributed by atoms with Crippen LogP contribution in [0.1, 0.15) is 12.0 Å². The van der Waals surface area contributed by atoms with Crippen molar-refractivity contribution in [2.24, 2.45) is 21.3 Å². The molecule has 1 saturated carbocycles. The molecule has 6 heteroatoms. The molecule has 4 aliphatic rings. The van der Waals surface area contributed by atoms with Crippen LogP contribution >= 0.6 is 0 Å². The van der Waals surface area contributed by atoms with Gasteiger partial charge in [0.05, 0.1) is 17.4 Å². The first-order chi connectivity index (χ1) is 12.8. The van der Waals surface area contributed by atoms with Crippen LogP contribution < -0.4 is 9.47 Å². The van der Waals surface area contributed by atoms with Gasteiger partial charge >= 0.3 is 0 Å². The van der Waals surface area contributed by atoms with Crippen LogP contribution in [0.4, 0.5) is 0 Å². The molecule has 1 fully saturated rings. The Morgan fingerprint density at radius 3 is 2.92 bits per heavy atom. The SMILES string of the molecule is C1=NC(c2ccc3c(c2)OCCO3)=NC2=CC=C(n3ccnc3)C3CC123. The van der Waals surface area contributed by atoms with E-state index in [-0.39, 0.29) is 5.41 Å². The summed E-state index contributed by atoms with van der Waals surface area (Å²) in [4.78, 5) is 13.7. The number of allylic oxidation sites excluding steroid dienone is 4. The molecule has 1 aromatic heterocycles. The lowest BCUT2D eigenvalue weighted by molar-refractivity contribution is 0.171. The first kappa shape index (κ1) is 14.1. The summed E-state index contributed by atoms with van der Waals surface area (Å²) in [6.45, 7) is 1.16. The van der Waals surface area contributed by atoms with Gasteiger partial charge in [0.25, 0.3) is 0 Å². The van der Waals surface area contributed by atoms with Crippen LogP contribution in [0.5, 0.6) is 11.5 Å². The Morgan fingerprint density at radius 2 is 2.04 bits per heavy atom. The summed E-state index contributed by atoms with van der Waals surface area (Å²) in [5.74, 6) is 2.69. The fourth-order valence-electron chi connectivity index (χ4n) is 4.03. The summed E-state index contributed by atoms with van der Waals surface area (Å²) in [6, 6.07) is 5.88. The Hall–Kier alpha value is -3.15. The number of aromatic nitrogens is 2. The van der Waals surface area contributed by atoms with Crippen LogP contribution in [0.2, 0.25) is 0 Å². The Labute approximate surface area is 150 Å². The maximum absolute atomic E-state index is 5.68. The third-order valence-corrected chi connectivity index (χ3v) is 5.50. The number of fused-ring (bicyclic) bond motifs is 1. The maximum Gasteiger partial charge on any atom is 0.162 e. The van der Waals surface area contributed by atoms with Crippen molar-refractivity contribution >= 4 is 17.7 Å². The molecular formula is C20H16N4O2. The predicted octanol–water partition coefficient (Wildman–Crippen LogP) is 2.93. The number of imidazole rings is 1. The Balaban J connectivity index is 1.38. The fraction of sp³-hybridized carbons (Fsp3) is 0.250. The molecule has 1 spiro atoms. The molecule has 2 aliphatic carbocycles. The van der Waals surface area contributed by atoms with Crippen LogP contribution in [0.25, 0.3) is 5.70 Å². The molecule has 2 unspecified atom stereocenters. The zero-order valence-electron chi connectivity index (χ0n) is 14.0. The van der Waals surface area contributed by atoms with E-state index < -0.39 is 0 Å². The molecule has 2 atom stereocenters. The summed E-state index contributed by atoms with van der Waals surface area (Å²) in [5.41, 5.74) is 3.25. The van der Waals surface area contributed by atoms with E-state index in [4.69, 9.17) is 19.5 Å². The van der Waals surface area contributed by atoms with E-state index in [0.717, 1.165) is 35.0 Å². The number of rotatable bonds is 2. The zero-order valence-corrected chi connectivity index (χ0v) is 14.0. The number of benzene rings is 1. The van der Waals surface area contributed by atoms with Crippen molar-refractivity contribution in [3.63, 3.8) is 0 Å². The molecule has 3 heterocycles. The smallest absolute Gasteiger partial charge is 0.162 e. The lowest BCUT2D eigenvalue weighted by atomic mass is 9.93. The van der Waals surface area contributed by atoms with Gasteiger partial charge in [-0.1, -0.05) is 0 Å². The van der Waals surface area contributed by atoms with Crippen molar-refractivity contribution in [3.8, 4) is 11.5 Å². The average molecular weight is 344 g/mol. The van der Waals surface area contributed by atoms with Gasteiger partial charge in [0.15, 0.2) is 17.3 Å². The van der Waals surface area contributed by atoms with E-state index in [9.17, 15) is 0 Å². The van der Waals surface area contributed by atoms with Gasteiger partial charge in [0, 0.05) is 35.8 Å². The molecule has 6 rings (SSSR count). The average Bonchev–Trinajstić information content (AvgIpc) is 3.17. The van der Waals surface area contributed by atoms with Crippen molar-refractivity contribution in [2.75, 3.05) is 13.2 Å². The summed E-state index contributed by atoms with van der Waals surface area (Å²) in [5, 5.41) is 0. The van der Waals surface area contributed by atoms with Gasteiger partial charge in [-0.25, -0.2) is 15.0 Å². The third-order valence-electron chi connectivity index (χ3n) is 5.50. The fourth-order valence-corrected chi connectivity index (χ4v) is 4.03. The van der Waals surface area contributed by atoms with Crippen LogP contribution in [0.15, 0.2) is 64.8 Å². The molecule has 0 saturated heterocycles. The van der Waals surface area contributed by atoms with Crippen molar-refractivity contribution < 1.29 is 9.47 Å². The number of amidine groups is 1. The number of hydrogen-bond donors (Lipinski definition) is 0. The Bertz CT molecular complexity index is 1030. The minimum atomic E-state index is -0.0499. The minimum absolute atomic E-state index is 0.0499. The molecule has 2 aromatic rings. The van der Waals surface area contributed by atoms with Crippen molar-refractivity contribution in [1.82, 2.24) is 9.55 Å². The number of aliphatic imine (C=N–C) groups is 2. The van der Waals surface area contributed by atoms with E-state index in [2.05, 4.69) is 27.9 Å². The number of nitrogens with zero attached hydrogens (tertiary/aromatic N) is 4. The summed E-state index contributed by atoms with van der Waals surface area (Å²) in [7, 11) is 0. The highest BCUT2D eigenvalue weighted by Gasteiger charge is 2.60. The number of hydrogen-bond acceptors (Lipinski definition) is 5. The second-order valence-corrected chi connectivity index (χ2v) is 6.96. The van der Waals surface area contributed by atoms with Crippen molar-refractivity contribution in [3.05, 3.63) is 60.3 Å². The molecular weight excluding hydrogens is 328 g/mol. The largest absolute Gasteiger partial charge is 0.486 e. The topological polar surface area (TPSA) is 61.0 Å². The quantitative estimate of drug-likeness (QED) is 0.841. The van der Waals surface area contributed by atoms with Gasteiger partial charge in [-0.2, -0.15) is 0 Å². The molecule has 2 aliphatic heterocycles. The first-order valence-corrected chi connectivity index (χ1v) is 8.78. The Morgan fingerprint density at radius 1 is 1.12 bits per heavy atom.